The number of rotatable bonds is 9. The van der Waals surface area contributed by atoms with E-state index in [2.05, 4.69) is 19.2 Å². The first-order valence-electron chi connectivity index (χ1n) is 7.66. The average Bonchev–Trinajstić information content (AvgIpc) is 2.33. The average molecular weight is 257 g/mol. The highest BCUT2D eigenvalue weighted by molar-refractivity contribution is 4.72. The van der Waals surface area contributed by atoms with Crippen molar-refractivity contribution in [1.82, 2.24) is 5.32 Å². The third-order valence-electron chi connectivity index (χ3n) is 3.59. The van der Waals surface area contributed by atoms with Crippen molar-refractivity contribution < 1.29 is 9.47 Å². The summed E-state index contributed by atoms with van der Waals surface area (Å²) in [5, 5.41) is 3.44. The Labute approximate surface area is 113 Å². The molecule has 108 valence electrons. The summed E-state index contributed by atoms with van der Waals surface area (Å²) in [6.07, 6.45) is 7.11. The topological polar surface area (TPSA) is 30.5 Å². The Morgan fingerprint density at radius 3 is 2.89 bits per heavy atom. The van der Waals surface area contributed by atoms with Gasteiger partial charge >= 0.3 is 0 Å². The standard InChI is InChI=1S/C15H31NO2/c1-4-17-10-6-9-16-12-14(3)18-15-8-5-7-13(2)11-15/h13-16H,4-12H2,1-3H3. The Morgan fingerprint density at radius 2 is 2.17 bits per heavy atom. The lowest BCUT2D eigenvalue weighted by Gasteiger charge is -2.29. The molecule has 0 amide bonds. The minimum Gasteiger partial charge on any atom is -0.382 e. The zero-order valence-corrected chi connectivity index (χ0v) is 12.4. The van der Waals surface area contributed by atoms with Crippen LogP contribution in [-0.2, 0) is 9.47 Å². The Bertz CT molecular complexity index is 199. The van der Waals surface area contributed by atoms with E-state index in [1.165, 1.54) is 25.7 Å². The second-order valence-corrected chi connectivity index (χ2v) is 5.60. The molecule has 0 aromatic rings. The Hall–Kier alpha value is -0.120. The maximum Gasteiger partial charge on any atom is 0.0675 e. The van der Waals surface area contributed by atoms with Gasteiger partial charge in [-0.15, -0.1) is 0 Å². The van der Waals surface area contributed by atoms with Crippen LogP contribution in [0.3, 0.4) is 0 Å². The van der Waals surface area contributed by atoms with Crippen LogP contribution in [0.4, 0.5) is 0 Å². The normalized spacial score (nSPS) is 26.2. The Kier molecular flexibility index (Phi) is 8.64. The molecule has 1 fully saturated rings. The van der Waals surface area contributed by atoms with Crippen LogP contribution >= 0.6 is 0 Å². The molecule has 3 heteroatoms. The van der Waals surface area contributed by atoms with E-state index in [-0.39, 0.29) is 0 Å². The minimum absolute atomic E-state index is 0.326. The number of hydrogen-bond acceptors (Lipinski definition) is 3. The summed E-state index contributed by atoms with van der Waals surface area (Å²) < 4.78 is 11.4. The molecule has 0 heterocycles. The van der Waals surface area contributed by atoms with Crippen molar-refractivity contribution >= 4 is 0 Å². The second-order valence-electron chi connectivity index (χ2n) is 5.60. The van der Waals surface area contributed by atoms with Crippen LogP contribution < -0.4 is 5.32 Å². The van der Waals surface area contributed by atoms with E-state index in [4.69, 9.17) is 9.47 Å². The monoisotopic (exact) mass is 257 g/mol. The molecule has 0 aliphatic heterocycles. The zero-order valence-electron chi connectivity index (χ0n) is 12.4. The van der Waals surface area contributed by atoms with Crippen LogP contribution in [0.25, 0.3) is 0 Å². The fourth-order valence-corrected chi connectivity index (χ4v) is 2.63. The molecule has 0 radical (unpaired) electrons. The van der Waals surface area contributed by atoms with Crippen LogP contribution in [-0.4, -0.2) is 38.5 Å². The van der Waals surface area contributed by atoms with Gasteiger partial charge in [-0.2, -0.15) is 0 Å². The van der Waals surface area contributed by atoms with Gasteiger partial charge in [-0.25, -0.2) is 0 Å². The van der Waals surface area contributed by atoms with Crippen molar-refractivity contribution in [3.05, 3.63) is 0 Å². The summed E-state index contributed by atoms with van der Waals surface area (Å²) in [7, 11) is 0. The molecule has 3 unspecified atom stereocenters. The first-order valence-corrected chi connectivity index (χ1v) is 7.66. The molecule has 0 bridgehead atoms. The predicted octanol–water partition coefficient (Wildman–Crippen LogP) is 2.99. The quantitative estimate of drug-likeness (QED) is 0.644. The molecule has 1 aliphatic rings. The molecular weight excluding hydrogens is 226 g/mol. The van der Waals surface area contributed by atoms with E-state index < -0.39 is 0 Å². The first-order chi connectivity index (χ1) is 8.72. The van der Waals surface area contributed by atoms with E-state index in [1.54, 1.807) is 0 Å². The van der Waals surface area contributed by atoms with E-state index in [0.29, 0.717) is 12.2 Å². The molecule has 0 saturated heterocycles. The van der Waals surface area contributed by atoms with Crippen molar-refractivity contribution in [3.8, 4) is 0 Å². The molecule has 1 N–H and O–H groups in total. The third kappa shape index (κ3) is 7.34. The fraction of sp³-hybridized carbons (Fsp3) is 1.00. The molecule has 3 atom stereocenters. The lowest BCUT2D eigenvalue weighted by atomic mass is 9.88. The van der Waals surface area contributed by atoms with Gasteiger partial charge in [-0.1, -0.05) is 19.8 Å². The molecule has 0 spiro atoms. The van der Waals surface area contributed by atoms with Gasteiger partial charge in [0.25, 0.3) is 0 Å². The van der Waals surface area contributed by atoms with Crippen LogP contribution in [0.2, 0.25) is 0 Å². The number of nitrogens with one attached hydrogen (secondary N) is 1. The fourth-order valence-electron chi connectivity index (χ4n) is 2.63. The summed E-state index contributed by atoms with van der Waals surface area (Å²) in [5.41, 5.74) is 0. The first kappa shape index (κ1) is 15.9. The van der Waals surface area contributed by atoms with Gasteiger partial charge in [0.1, 0.15) is 0 Å². The van der Waals surface area contributed by atoms with Crippen molar-refractivity contribution in [1.29, 1.82) is 0 Å². The van der Waals surface area contributed by atoms with Crippen molar-refractivity contribution in [2.45, 2.75) is 65.1 Å². The maximum atomic E-state index is 6.10. The predicted molar refractivity (Wildman–Crippen MR) is 75.9 cm³/mol. The summed E-state index contributed by atoms with van der Waals surface area (Å²) in [4.78, 5) is 0. The number of hydrogen-bond donors (Lipinski definition) is 1. The van der Waals surface area contributed by atoms with Gasteiger partial charge in [0.05, 0.1) is 12.2 Å². The smallest absolute Gasteiger partial charge is 0.0675 e. The zero-order chi connectivity index (χ0) is 13.2. The molecule has 18 heavy (non-hydrogen) atoms. The van der Waals surface area contributed by atoms with Gasteiger partial charge in [0.2, 0.25) is 0 Å². The molecule has 1 rings (SSSR count). The van der Waals surface area contributed by atoms with Gasteiger partial charge in [0.15, 0.2) is 0 Å². The summed E-state index contributed by atoms with van der Waals surface area (Å²) in [6.45, 7) is 10.2. The Balaban J connectivity index is 1.97. The highest BCUT2D eigenvalue weighted by Crippen LogP contribution is 2.26. The lowest BCUT2D eigenvalue weighted by Crippen LogP contribution is -2.33. The van der Waals surface area contributed by atoms with Crippen LogP contribution in [0.15, 0.2) is 0 Å². The molecule has 0 aromatic heterocycles. The third-order valence-corrected chi connectivity index (χ3v) is 3.59. The van der Waals surface area contributed by atoms with E-state index >= 15 is 0 Å². The lowest BCUT2D eigenvalue weighted by molar-refractivity contribution is -0.0293. The molecular formula is C15H31NO2. The van der Waals surface area contributed by atoms with Crippen molar-refractivity contribution in [2.24, 2.45) is 5.92 Å². The molecule has 0 aromatic carbocycles. The second kappa shape index (κ2) is 9.76. The molecule has 3 nitrogen and oxygen atoms in total. The van der Waals surface area contributed by atoms with Gasteiger partial charge in [-0.3, -0.25) is 0 Å². The molecule has 1 aliphatic carbocycles. The van der Waals surface area contributed by atoms with Crippen LogP contribution in [0.5, 0.6) is 0 Å². The van der Waals surface area contributed by atoms with E-state index in [1.807, 2.05) is 6.92 Å². The van der Waals surface area contributed by atoms with E-state index in [0.717, 1.165) is 38.6 Å². The van der Waals surface area contributed by atoms with Crippen LogP contribution in [0, 0.1) is 5.92 Å². The van der Waals surface area contributed by atoms with Crippen molar-refractivity contribution in [3.63, 3.8) is 0 Å². The maximum absolute atomic E-state index is 6.10. The van der Waals surface area contributed by atoms with Crippen LogP contribution in [0.1, 0.15) is 52.9 Å². The van der Waals surface area contributed by atoms with Gasteiger partial charge in [-0.05, 0) is 45.6 Å². The van der Waals surface area contributed by atoms with Gasteiger partial charge in [0, 0.05) is 19.8 Å². The summed E-state index contributed by atoms with van der Waals surface area (Å²) in [5.74, 6) is 0.843. The minimum atomic E-state index is 0.326. The summed E-state index contributed by atoms with van der Waals surface area (Å²) in [6, 6.07) is 0. The summed E-state index contributed by atoms with van der Waals surface area (Å²) >= 11 is 0. The SMILES string of the molecule is CCOCCCNCC(C)OC1CCCC(C)C1. The highest BCUT2D eigenvalue weighted by atomic mass is 16.5. The van der Waals surface area contributed by atoms with E-state index in [9.17, 15) is 0 Å². The number of ether oxygens (including phenoxy) is 2. The van der Waals surface area contributed by atoms with Gasteiger partial charge < -0.3 is 14.8 Å². The highest BCUT2D eigenvalue weighted by Gasteiger charge is 2.20. The van der Waals surface area contributed by atoms with Crippen molar-refractivity contribution in [2.75, 3.05) is 26.3 Å². The molecule has 1 saturated carbocycles. The Morgan fingerprint density at radius 1 is 1.33 bits per heavy atom. The largest absolute Gasteiger partial charge is 0.382 e.